The second-order valence-corrected chi connectivity index (χ2v) is 3.29. The number of hydrogen-bond donors (Lipinski definition) is 0. The van der Waals surface area contributed by atoms with Crippen LogP contribution >= 0.6 is 11.6 Å². The fourth-order valence-electron chi connectivity index (χ4n) is 1.06. The number of pyridine rings is 1. The Morgan fingerprint density at radius 1 is 1.60 bits per heavy atom. The number of anilines is 1. The minimum Gasteiger partial charge on any atom is -0.358 e. The molecule has 4 nitrogen and oxygen atoms in total. The molecule has 0 unspecified atom stereocenters. The number of aromatic nitrogens is 1. The van der Waals surface area contributed by atoms with Gasteiger partial charge in [-0.2, -0.15) is 0 Å². The third-order valence-electron chi connectivity index (χ3n) is 1.93. The van der Waals surface area contributed by atoms with E-state index in [1.807, 2.05) is 18.9 Å². The third-order valence-corrected chi connectivity index (χ3v) is 2.14. The first kappa shape index (κ1) is 11.7. The minimum absolute atomic E-state index is 0.412. The predicted molar refractivity (Wildman–Crippen MR) is 62.4 cm³/mol. The van der Waals surface area contributed by atoms with E-state index in [0.29, 0.717) is 22.9 Å². The topological polar surface area (TPSA) is 45.6 Å². The molecule has 0 fully saturated rings. The lowest BCUT2D eigenvalue weighted by Gasteiger charge is -2.17. The van der Waals surface area contributed by atoms with Gasteiger partial charge in [-0.3, -0.25) is 4.79 Å². The Morgan fingerprint density at radius 3 is 2.93 bits per heavy atom. The number of halogens is 1. The quantitative estimate of drug-likeness (QED) is 0.448. The van der Waals surface area contributed by atoms with Crippen LogP contribution in [0.4, 0.5) is 11.5 Å². The van der Waals surface area contributed by atoms with Crippen LogP contribution in [0.2, 0.25) is 5.15 Å². The molecular weight excluding hydrogens is 214 g/mol. The summed E-state index contributed by atoms with van der Waals surface area (Å²) >= 11 is 5.79. The summed E-state index contributed by atoms with van der Waals surface area (Å²) in [6.07, 6.45) is 1.82. The van der Waals surface area contributed by atoms with Crippen LogP contribution < -0.4 is 4.90 Å². The predicted octanol–water partition coefficient (Wildman–Crippen LogP) is 2.09. The molecular formula is C10H12ClN3O. The lowest BCUT2D eigenvalue weighted by molar-refractivity contribution is -0.102. The average molecular weight is 226 g/mol. The number of rotatable bonds is 4. The Bertz CT molecular complexity index is 379. The highest BCUT2D eigenvalue weighted by Crippen LogP contribution is 2.26. The molecule has 5 heteroatoms. The van der Waals surface area contributed by atoms with Crippen LogP contribution in [0.25, 0.3) is 0 Å². The van der Waals surface area contributed by atoms with Gasteiger partial charge in [0.05, 0.1) is 6.21 Å². The van der Waals surface area contributed by atoms with Gasteiger partial charge in [-0.05, 0) is 19.1 Å². The highest BCUT2D eigenvalue weighted by molar-refractivity contribution is 6.29. The Morgan fingerprint density at radius 2 is 2.33 bits per heavy atom. The SMILES string of the molecule is CCN(C)c1nc(Cl)ccc1N=CC=O. The average Bonchev–Trinajstić information content (AvgIpc) is 2.26. The molecule has 0 radical (unpaired) electrons. The van der Waals surface area contributed by atoms with Crippen molar-refractivity contribution in [3.8, 4) is 0 Å². The second-order valence-electron chi connectivity index (χ2n) is 2.91. The monoisotopic (exact) mass is 225 g/mol. The number of carbonyl (C=O) groups excluding carboxylic acids is 1. The standard InChI is InChI=1S/C10H12ClN3O/c1-3-14(2)10-8(12-6-7-15)4-5-9(11)13-10/h4-7H,3H2,1-2H3. The van der Waals surface area contributed by atoms with E-state index in [1.165, 1.54) is 6.21 Å². The molecule has 0 aliphatic heterocycles. The van der Waals surface area contributed by atoms with Gasteiger partial charge >= 0.3 is 0 Å². The van der Waals surface area contributed by atoms with Crippen molar-refractivity contribution in [2.75, 3.05) is 18.5 Å². The first-order chi connectivity index (χ1) is 7.19. The van der Waals surface area contributed by atoms with Crippen LogP contribution in [0.5, 0.6) is 0 Å². The molecule has 0 aliphatic carbocycles. The number of nitrogens with zero attached hydrogens (tertiary/aromatic N) is 3. The fourth-order valence-corrected chi connectivity index (χ4v) is 1.20. The van der Waals surface area contributed by atoms with Crippen LogP contribution in [-0.4, -0.2) is 31.1 Å². The van der Waals surface area contributed by atoms with E-state index < -0.39 is 0 Å². The Labute approximate surface area is 93.6 Å². The molecule has 0 amide bonds. The molecule has 0 saturated heterocycles. The molecule has 0 aromatic carbocycles. The summed E-state index contributed by atoms with van der Waals surface area (Å²) in [6.45, 7) is 2.78. The maximum Gasteiger partial charge on any atom is 0.161 e. The van der Waals surface area contributed by atoms with E-state index in [4.69, 9.17) is 11.6 Å². The molecule has 1 aromatic rings. The fraction of sp³-hybridized carbons (Fsp3) is 0.300. The van der Waals surface area contributed by atoms with Crippen molar-refractivity contribution >= 4 is 35.6 Å². The smallest absolute Gasteiger partial charge is 0.161 e. The molecule has 80 valence electrons. The van der Waals surface area contributed by atoms with Crippen LogP contribution in [0.1, 0.15) is 6.92 Å². The Kier molecular flexibility index (Phi) is 4.24. The van der Waals surface area contributed by atoms with Gasteiger partial charge in [-0.1, -0.05) is 11.6 Å². The van der Waals surface area contributed by atoms with Crippen LogP contribution in [0.15, 0.2) is 17.1 Å². The molecule has 15 heavy (non-hydrogen) atoms. The lowest BCUT2D eigenvalue weighted by Crippen LogP contribution is -2.17. The number of hydrogen-bond acceptors (Lipinski definition) is 4. The van der Waals surface area contributed by atoms with Gasteiger partial charge in [-0.15, -0.1) is 0 Å². The summed E-state index contributed by atoms with van der Waals surface area (Å²) in [4.78, 5) is 20.2. The number of aldehydes is 1. The van der Waals surface area contributed by atoms with E-state index in [-0.39, 0.29) is 0 Å². The van der Waals surface area contributed by atoms with Crippen LogP contribution in [0.3, 0.4) is 0 Å². The van der Waals surface area contributed by atoms with E-state index in [1.54, 1.807) is 12.1 Å². The van der Waals surface area contributed by atoms with Crippen molar-refractivity contribution in [3.05, 3.63) is 17.3 Å². The summed E-state index contributed by atoms with van der Waals surface area (Å²) in [7, 11) is 1.89. The zero-order valence-corrected chi connectivity index (χ0v) is 9.40. The van der Waals surface area contributed by atoms with Gasteiger partial charge in [0, 0.05) is 13.6 Å². The molecule has 0 bridgehead atoms. The van der Waals surface area contributed by atoms with Crippen molar-refractivity contribution in [2.45, 2.75) is 6.92 Å². The lowest BCUT2D eigenvalue weighted by atomic mass is 10.3. The van der Waals surface area contributed by atoms with Crippen molar-refractivity contribution < 1.29 is 4.79 Å². The second kappa shape index (κ2) is 5.46. The normalized spacial score (nSPS) is 10.6. The van der Waals surface area contributed by atoms with E-state index in [2.05, 4.69) is 9.98 Å². The van der Waals surface area contributed by atoms with Gasteiger partial charge in [0.15, 0.2) is 12.1 Å². The van der Waals surface area contributed by atoms with Crippen molar-refractivity contribution in [3.63, 3.8) is 0 Å². The largest absolute Gasteiger partial charge is 0.358 e. The minimum atomic E-state index is 0.412. The number of carbonyl (C=O) groups is 1. The maximum absolute atomic E-state index is 10.2. The van der Waals surface area contributed by atoms with Gasteiger partial charge in [0.2, 0.25) is 0 Å². The van der Waals surface area contributed by atoms with E-state index in [9.17, 15) is 4.79 Å². The molecule has 0 atom stereocenters. The van der Waals surface area contributed by atoms with E-state index in [0.717, 1.165) is 6.54 Å². The molecule has 0 aliphatic rings. The summed E-state index contributed by atoms with van der Waals surface area (Å²) in [5, 5.41) is 0.412. The summed E-state index contributed by atoms with van der Waals surface area (Å²) in [5.74, 6) is 0.670. The van der Waals surface area contributed by atoms with Gasteiger partial charge in [0.25, 0.3) is 0 Å². The highest BCUT2D eigenvalue weighted by atomic mass is 35.5. The molecule has 1 rings (SSSR count). The first-order valence-corrected chi connectivity index (χ1v) is 4.92. The zero-order chi connectivity index (χ0) is 11.3. The third kappa shape index (κ3) is 3.02. The molecule has 1 aromatic heterocycles. The van der Waals surface area contributed by atoms with E-state index >= 15 is 0 Å². The van der Waals surface area contributed by atoms with Crippen LogP contribution in [0, 0.1) is 0 Å². The van der Waals surface area contributed by atoms with Gasteiger partial charge < -0.3 is 4.90 Å². The van der Waals surface area contributed by atoms with Gasteiger partial charge in [0.1, 0.15) is 10.8 Å². The highest BCUT2D eigenvalue weighted by Gasteiger charge is 2.07. The summed E-state index contributed by atoms with van der Waals surface area (Å²) in [6, 6.07) is 3.38. The molecule has 0 saturated carbocycles. The zero-order valence-electron chi connectivity index (χ0n) is 8.64. The van der Waals surface area contributed by atoms with Crippen LogP contribution in [-0.2, 0) is 4.79 Å². The Balaban J connectivity index is 3.13. The molecule has 0 spiro atoms. The van der Waals surface area contributed by atoms with Gasteiger partial charge in [-0.25, -0.2) is 9.98 Å². The summed E-state index contributed by atoms with van der Waals surface area (Å²) in [5.41, 5.74) is 0.635. The van der Waals surface area contributed by atoms with Crippen molar-refractivity contribution in [2.24, 2.45) is 4.99 Å². The maximum atomic E-state index is 10.2. The number of aliphatic imine (C=N–C) groups is 1. The van der Waals surface area contributed by atoms with Crippen molar-refractivity contribution in [1.29, 1.82) is 0 Å². The molecule has 1 heterocycles. The summed E-state index contributed by atoms with van der Waals surface area (Å²) < 4.78 is 0. The first-order valence-electron chi connectivity index (χ1n) is 4.54. The van der Waals surface area contributed by atoms with Crippen molar-refractivity contribution in [1.82, 2.24) is 4.98 Å². The molecule has 0 N–H and O–H groups in total. The Hall–Kier alpha value is -1.42.